The van der Waals surface area contributed by atoms with E-state index in [-0.39, 0.29) is 6.26 Å². The van der Waals surface area contributed by atoms with Gasteiger partial charge in [-0.2, -0.15) is 13.2 Å². The quantitative estimate of drug-likeness (QED) is 0.711. The van der Waals surface area contributed by atoms with E-state index in [1.807, 2.05) is 0 Å². The number of nitrogens with zero attached hydrogens (tertiary/aromatic N) is 2. The molecule has 0 radical (unpaired) electrons. The molecule has 6 nitrogen and oxygen atoms in total. The van der Waals surface area contributed by atoms with Crippen LogP contribution in [0.3, 0.4) is 0 Å². The van der Waals surface area contributed by atoms with Crippen LogP contribution in [0.1, 0.15) is 26.7 Å². The summed E-state index contributed by atoms with van der Waals surface area (Å²) in [5, 5.41) is 0. The van der Waals surface area contributed by atoms with Gasteiger partial charge in [0, 0.05) is 18.6 Å². The molecule has 134 valence electrons. The average Bonchev–Trinajstić information content (AvgIpc) is 2.54. The van der Waals surface area contributed by atoms with E-state index < -0.39 is 25.6 Å². The van der Waals surface area contributed by atoms with Crippen LogP contribution in [-0.4, -0.2) is 59.8 Å². The minimum atomic E-state index is -5.92. The highest BCUT2D eigenvalue weighted by Crippen LogP contribution is 2.29. The Hall–Kier alpha value is -0.390. The molecule has 2 atom stereocenters. The fourth-order valence-electron chi connectivity index (χ4n) is 2.43. The number of halogens is 3. The third kappa shape index (κ3) is 7.75. The van der Waals surface area contributed by atoms with Gasteiger partial charge in [0.05, 0.1) is 36.7 Å². The average molecular weight is 368 g/mol. The summed E-state index contributed by atoms with van der Waals surface area (Å²) in [6, 6.07) is 0. The smallest absolute Gasteiger partial charge is 0.429 e. The lowest BCUT2D eigenvalue weighted by Gasteiger charge is -2.28. The van der Waals surface area contributed by atoms with E-state index in [0.29, 0.717) is 0 Å². The molecule has 0 N–H and O–H groups in total. The maximum atomic E-state index is 11.4. The third-order valence-electron chi connectivity index (χ3n) is 3.20. The fourth-order valence-corrected chi connectivity index (χ4v) is 4.19. The van der Waals surface area contributed by atoms with E-state index >= 15 is 0 Å². The second kappa shape index (κ2) is 7.45. The van der Waals surface area contributed by atoms with Crippen molar-refractivity contribution >= 4 is 20.0 Å². The molecule has 1 aliphatic heterocycles. The highest BCUT2D eigenvalue weighted by Gasteiger charge is 2.40. The first kappa shape index (κ1) is 21.6. The second-order valence-corrected chi connectivity index (χ2v) is 9.35. The Balaban J connectivity index is 0.000000406. The third-order valence-corrected chi connectivity index (χ3v) is 5.66. The lowest BCUT2D eigenvalue weighted by molar-refractivity contribution is -0.899. The van der Waals surface area contributed by atoms with Crippen molar-refractivity contribution < 1.29 is 34.5 Å². The van der Waals surface area contributed by atoms with Crippen molar-refractivity contribution in [2.45, 2.75) is 32.2 Å². The molecule has 0 amide bonds. The Morgan fingerprint density at radius 2 is 1.73 bits per heavy atom. The van der Waals surface area contributed by atoms with Crippen molar-refractivity contribution in [1.29, 1.82) is 0 Å². The zero-order valence-electron chi connectivity index (χ0n) is 13.1. The lowest BCUT2D eigenvalue weighted by Crippen LogP contribution is -2.41. The van der Waals surface area contributed by atoms with E-state index in [2.05, 4.69) is 20.9 Å². The van der Waals surface area contributed by atoms with Crippen LogP contribution in [0.15, 0.2) is 0 Å². The van der Waals surface area contributed by atoms with E-state index in [4.69, 9.17) is 0 Å². The van der Waals surface area contributed by atoms with Crippen molar-refractivity contribution in [2.75, 3.05) is 32.9 Å². The van der Waals surface area contributed by atoms with Gasteiger partial charge >= 0.3 is 5.51 Å². The molecule has 0 saturated carbocycles. The van der Waals surface area contributed by atoms with E-state index in [9.17, 15) is 30.0 Å². The standard InChI is InChI=1S/C9H20N.C2H3F3NO4S2/c1-4-6-10(3)7-5-9(2)8-10;1-11(7,8)6-12(9,10)2(3,4)5/h9H,4-8H2,1-3H3;1H3/q+1;-1. The van der Waals surface area contributed by atoms with Gasteiger partial charge in [-0.15, -0.1) is 0 Å². The number of hydrogen-bond donors (Lipinski definition) is 0. The van der Waals surface area contributed by atoms with E-state index in [0.717, 1.165) is 5.92 Å². The highest BCUT2D eigenvalue weighted by molar-refractivity contribution is 8.12. The number of likely N-dealkylation sites (tertiary alicyclic amines) is 1. The molecule has 2 unspecified atom stereocenters. The zero-order chi connectivity index (χ0) is 17.8. The molecular formula is C11H23F3N2O4S2. The molecule has 0 aromatic rings. The van der Waals surface area contributed by atoms with Crippen LogP contribution < -0.4 is 0 Å². The monoisotopic (exact) mass is 368 g/mol. The Kier molecular flexibility index (Phi) is 7.32. The van der Waals surface area contributed by atoms with Gasteiger partial charge < -0.3 is 8.61 Å². The summed E-state index contributed by atoms with van der Waals surface area (Å²) in [7, 11) is -8.07. The van der Waals surface area contributed by atoms with Gasteiger partial charge in [-0.3, -0.25) is 0 Å². The topological polar surface area (TPSA) is 82.4 Å². The Labute approximate surface area is 130 Å². The van der Waals surface area contributed by atoms with Crippen molar-refractivity contribution in [3.8, 4) is 0 Å². The number of rotatable bonds is 4. The van der Waals surface area contributed by atoms with Crippen LogP contribution in [0.4, 0.5) is 13.2 Å². The zero-order valence-corrected chi connectivity index (χ0v) is 14.7. The summed E-state index contributed by atoms with van der Waals surface area (Å²) in [6.07, 6.45) is 3.02. The number of alkyl halides is 3. The summed E-state index contributed by atoms with van der Waals surface area (Å²) in [4.78, 5) is 0. The van der Waals surface area contributed by atoms with Crippen LogP contribution in [0.2, 0.25) is 0 Å². The Bertz CT molecular complexity index is 556. The second-order valence-electron chi connectivity index (χ2n) is 5.87. The Morgan fingerprint density at radius 1 is 1.23 bits per heavy atom. The summed E-state index contributed by atoms with van der Waals surface area (Å²) < 4.78 is 77.3. The van der Waals surface area contributed by atoms with Gasteiger partial charge in [-0.1, -0.05) is 13.8 Å². The highest BCUT2D eigenvalue weighted by atomic mass is 32.3. The van der Waals surface area contributed by atoms with Gasteiger partial charge in [0.15, 0.2) is 10.0 Å². The van der Waals surface area contributed by atoms with Crippen molar-refractivity contribution in [1.82, 2.24) is 0 Å². The fraction of sp³-hybridized carbons (Fsp3) is 1.00. The van der Waals surface area contributed by atoms with E-state index in [1.165, 1.54) is 37.0 Å². The number of hydrogen-bond acceptors (Lipinski definition) is 4. The summed E-state index contributed by atoms with van der Waals surface area (Å²) >= 11 is 0. The molecule has 1 heterocycles. The van der Waals surface area contributed by atoms with Gasteiger partial charge in [0.2, 0.25) is 0 Å². The van der Waals surface area contributed by atoms with Crippen molar-refractivity contribution in [2.24, 2.45) is 5.92 Å². The summed E-state index contributed by atoms with van der Waals surface area (Å²) in [5.74, 6) is 0.969. The summed E-state index contributed by atoms with van der Waals surface area (Å²) in [5.41, 5.74) is -5.67. The normalized spacial score (nSPS) is 26.4. The van der Waals surface area contributed by atoms with Crippen LogP contribution >= 0.6 is 0 Å². The maximum absolute atomic E-state index is 11.4. The molecule has 0 aromatic heterocycles. The number of sulfonamides is 2. The molecule has 22 heavy (non-hydrogen) atoms. The number of quaternary nitrogens is 1. The molecule has 11 heteroatoms. The van der Waals surface area contributed by atoms with Crippen LogP contribution in [0.25, 0.3) is 4.13 Å². The first-order valence-electron chi connectivity index (χ1n) is 6.71. The van der Waals surface area contributed by atoms with Gasteiger partial charge in [-0.05, 0) is 6.42 Å². The predicted molar refractivity (Wildman–Crippen MR) is 78.0 cm³/mol. The molecule has 0 aliphatic carbocycles. The van der Waals surface area contributed by atoms with Gasteiger partial charge in [0.25, 0.3) is 0 Å². The molecular weight excluding hydrogens is 345 g/mol. The van der Waals surface area contributed by atoms with Crippen LogP contribution in [0, 0.1) is 5.92 Å². The first-order valence-corrected chi connectivity index (χ1v) is 10.00. The molecule has 1 aliphatic rings. The minimum absolute atomic E-state index is 0.246. The molecule has 1 rings (SSSR count). The first-order chi connectivity index (χ1) is 9.62. The molecule has 0 spiro atoms. The molecule has 0 bridgehead atoms. The Morgan fingerprint density at radius 3 is 1.95 bits per heavy atom. The molecule has 0 aromatic carbocycles. The van der Waals surface area contributed by atoms with Crippen LogP contribution in [0.5, 0.6) is 0 Å². The molecule has 1 fully saturated rings. The van der Waals surface area contributed by atoms with Gasteiger partial charge in [-0.25, -0.2) is 16.8 Å². The van der Waals surface area contributed by atoms with Crippen LogP contribution in [-0.2, 0) is 20.0 Å². The van der Waals surface area contributed by atoms with E-state index in [1.54, 1.807) is 4.13 Å². The summed E-state index contributed by atoms with van der Waals surface area (Å²) in [6.45, 7) is 8.86. The van der Waals surface area contributed by atoms with Crippen molar-refractivity contribution in [3.05, 3.63) is 4.13 Å². The van der Waals surface area contributed by atoms with Crippen molar-refractivity contribution in [3.63, 3.8) is 0 Å². The molecule has 1 saturated heterocycles. The van der Waals surface area contributed by atoms with Gasteiger partial charge in [0.1, 0.15) is 0 Å². The SMILES string of the molecule is CCC[N+]1(C)CCC(C)C1.CS(=O)(=O)[N-]S(=O)(=O)C(F)(F)F. The largest absolute Gasteiger partial charge is 0.480 e. The predicted octanol–water partition coefficient (Wildman–Crippen LogP) is 2.05. The lowest BCUT2D eigenvalue weighted by atomic mass is 10.2. The minimum Gasteiger partial charge on any atom is -0.429 e. The maximum Gasteiger partial charge on any atom is 0.480 e.